The summed E-state index contributed by atoms with van der Waals surface area (Å²) in [5.74, 6) is 1.54. The van der Waals surface area contributed by atoms with Crippen molar-refractivity contribution < 1.29 is 5.11 Å². The van der Waals surface area contributed by atoms with E-state index in [0.717, 1.165) is 16.3 Å². The fourth-order valence-corrected chi connectivity index (χ4v) is 2.47. The van der Waals surface area contributed by atoms with Gasteiger partial charge in [0.05, 0.1) is 6.61 Å². The second kappa shape index (κ2) is 5.75. The van der Waals surface area contributed by atoms with E-state index < -0.39 is 5.54 Å². The monoisotopic (exact) mass is 245 g/mol. The summed E-state index contributed by atoms with van der Waals surface area (Å²) >= 11 is 7.70. The molecule has 0 fully saturated rings. The van der Waals surface area contributed by atoms with Gasteiger partial charge in [-0.3, -0.25) is 0 Å². The molecule has 0 radical (unpaired) electrons. The van der Waals surface area contributed by atoms with Crippen molar-refractivity contribution in [2.45, 2.75) is 18.2 Å². The lowest BCUT2D eigenvalue weighted by Gasteiger charge is -2.20. The lowest BCUT2D eigenvalue weighted by atomic mass is 10.1. The summed E-state index contributed by atoms with van der Waals surface area (Å²) in [7, 11) is 0. The van der Waals surface area contributed by atoms with E-state index in [1.807, 2.05) is 31.2 Å². The van der Waals surface area contributed by atoms with Crippen molar-refractivity contribution in [1.29, 1.82) is 0 Å². The zero-order chi connectivity index (χ0) is 11.3. The van der Waals surface area contributed by atoms with Gasteiger partial charge in [0.2, 0.25) is 0 Å². The Balaban J connectivity index is 2.42. The number of nitrogens with two attached hydrogens (primary N) is 1. The highest BCUT2D eigenvalue weighted by molar-refractivity contribution is 7.98. The normalized spacial score (nSPS) is 14.9. The molecule has 3 N–H and O–H groups in total. The molecule has 1 unspecified atom stereocenters. The molecule has 0 saturated carbocycles. The van der Waals surface area contributed by atoms with Crippen LogP contribution in [0.2, 0.25) is 5.02 Å². The number of halogens is 1. The molecule has 0 spiro atoms. The molecule has 15 heavy (non-hydrogen) atoms. The molecule has 4 heteroatoms. The van der Waals surface area contributed by atoms with Gasteiger partial charge in [-0.2, -0.15) is 11.8 Å². The molecule has 1 rings (SSSR count). The molecule has 0 aliphatic heterocycles. The molecular weight excluding hydrogens is 230 g/mol. The maximum absolute atomic E-state index is 8.98. The minimum Gasteiger partial charge on any atom is -0.394 e. The van der Waals surface area contributed by atoms with Crippen LogP contribution in [0.5, 0.6) is 0 Å². The van der Waals surface area contributed by atoms with Crippen molar-refractivity contribution >= 4 is 23.4 Å². The van der Waals surface area contributed by atoms with E-state index in [4.69, 9.17) is 22.4 Å². The molecule has 1 aromatic rings. The van der Waals surface area contributed by atoms with Crippen LogP contribution < -0.4 is 5.73 Å². The van der Waals surface area contributed by atoms with Gasteiger partial charge in [0, 0.05) is 22.1 Å². The van der Waals surface area contributed by atoms with Gasteiger partial charge in [0.25, 0.3) is 0 Å². The minimum atomic E-state index is -0.508. The number of benzene rings is 1. The van der Waals surface area contributed by atoms with E-state index in [1.165, 1.54) is 0 Å². The van der Waals surface area contributed by atoms with E-state index in [2.05, 4.69) is 0 Å². The highest BCUT2D eigenvalue weighted by Gasteiger charge is 2.16. The van der Waals surface area contributed by atoms with Gasteiger partial charge < -0.3 is 10.8 Å². The van der Waals surface area contributed by atoms with Crippen molar-refractivity contribution in [2.75, 3.05) is 12.4 Å². The fourth-order valence-electron chi connectivity index (χ4n) is 1.06. The van der Waals surface area contributed by atoms with Gasteiger partial charge in [-0.05, 0) is 18.6 Å². The van der Waals surface area contributed by atoms with Crippen LogP contribution in [0.15, 0.2) is 24.3 Å². The van der Waals surface area contributed by atoms with Gasteiger partial charge in [0.1, 0.15) is 0 Å². The van der Waals surface area contributed by atoms with Crippen LogP contribution in [0.25, 0.3) is 0 Å². The van der Waals surface area contributed by atoms with Crippen molar-refractivity contribution in [3.8, 4) is 0 Å². The summed E-state index contributed by atoms with van der Waals surface area (Å²) in [6, 6.07) is 7.76. The number of aliphatic hydroxyl groups is 1. The number of hydrogen-bond acceptors (Lipinski definition) is 3. The maximum atomic E-state index is 8.98. The highest BCUT2D eigenvalue weighted by atomic mass is 35.5. The van der Waals surface area contributed by atoms with Gasteiger partial charge >= 0.3 is 0 Å². The molecule has 0 aliphatic rings. The second-order valence-corrected chi connectivity index (χ2v) is 5.29. The number of rotatable bonds is 5. The molecule has 0 heterocycles. The summed E-state index contributed by atoms with van der Waals surface area (Å²) in [5.41, 5.74) is 6.42. The molecule has 0 aromatic heterocycles. The van der Waals surface area contributed by atoms with Crippen molar-refractivity contribution in [3.05, 3.63) is 34.9 Å². The molecule has 0 saturated heterocycles. The van der Waals surface area contributed by atoms with Gasteiger partial charge in [-0.15, -0.1) is 0 Å². The average Bonchev–Trinajstić information content (AvgIpc) is 2.21. The summed E-state index contributed by atoms with van der Waals surface area (Å²) < 4.78 is 0. The third-order valence-corrected chi connectivity index (χ3v) is 3.76. The first-order chi connectivity index (χ1) is 7.05. The average molecular weight is 246 g/mol. The molecule has 2 nitrogen and oxygen atoms in total. The number of thioether (sulfide) groups is 1. The molecule has 84 valence electrons. The summed E-state index contributed by atoms with van der Waals surface area (Å²) in [4.78, 5) is 0. The minimum absolute atomic E-state index is 0.00250. The van der Waals surface area contributed by atoms with E-state index in [1.54, 1.807) is 11.8 Å². The van der Waals surface area contributed by atoms with Crippen molar-refractivity contribution in [3.63, 3.8) is 0 Å². The zero-order valence-corrected chi connectivity index (χ0v) is 10.3. The Morgan fingerprint density at radius 2 is 2.13 bits per heavy atom. The highest BCUT2D eigenvalue weighted by Crippen LogP contribution is 2.22. The predicted molar refractivity (Wildman–Crippen MR) is 67.3 cm³/mol. The molecule has 1 aromatic carbocycles. The lowest BCUT2D eigenvalue weighted by molar-refractivity contribution is 0.224. The maximum Gasteiger partial charge on any atom is 0.0616 e. The first kappa shape index (κ1) is 12.8. The summed E-state index contributed by atoms with van der Waals surface area (Å²) in [5, 5.41) is 9.77. The fraction of sp³-hybridized carbons (Fsp3) is 0.455. The van der Waals surface area contributed by atoms with Crippen LogP contribution in [0.3, 0.4) is 0 Å². The summed E-state index contributed by atoms with van der Waals surface area (Å²) in [6.45, 7) is 1.84. The standard InChI is InChI=1S/C11H16ClNOS/c1-11(13,7-14)8-15-6-9-4-2-3-5-10(9)12/h2-5,14H,6-8,13H2,1H3. The smallest absolute Gasteiger partial charge is 0.0616 e. The van der Waals surface area contributed by atoms with E-state index in [0.29, 0.717) is 5.75 Å². The second-order valence-electron chi connectivity index (χ2n) is 3.90. The Morgan fingerprint density at radius 3 is 2.73 bits per heavy atom. The third kappa shape index (κ3) is 4.43. The van der Waals surface area contributed by atoms with E-state index in [-0.39, 0.29) is 6.61 Å². The van der Waals surface area contributed by atoms with Gasteiger partial charge in [-0.1, -0.05) is 29.8 Å². The predicted octanol–water partition coefficient (Wildman–Crippen LogP) is 2.28. The first-order valence-electron chi connectivity index (χ1n) is 4.76. The molecule has 0 amide bonds. The van der Waals surface area contributed by atoms with Gasteiger partial charge in [-0.25, -0.2) is 0 Å². The van der Waals surface area contributed by atoms with Crippen LogP contribution >= 0.6 is 23.4 Å². The van der Waals surface area contributed by atoms with Crippen LogP contribution in [0.4, 0.5) is 0 Å². The van der Waals surface area contributed by atoms with Crippen LogP contribution in [0.1, 0.15) is 12.5 Å². The number of hydrogen-bond donors (Lipinski definition) is 2. The quantitative estimate of drug-likeness (QED) is 0.837. The Kier molecular flexibility index (Phi) is 4.93. The summed E-state index contributed by atoms with van der Waals surface area (Å²) in [6.07, 6.45) is 0. The Bertz CT molecular complexity index is 317. The SMILES string of the molecule is CC(N)(CO)CSCc1ccccc1Cl. The van der Waals surface area contributed by atoms with Crippen LogP contribution in [0, 0.1) is 0 Å². The largest absolute Gasteiger partial charge is 0.394 e. The Labute approximate surface area is 99.8 Å². The topological polar surface area (TPSA) is 46.2 Å². The molecular formula is C11H16ClNOS. The van der Waals surface area contributed by atoms with Crippen molar-refractivity contribution in [1.82, 2.24) is 0 Å². The Hall–Kier alpha value is -0.220. The molecule has 0 bridgehead atoms. The lowest BCUT2D eigenvalue weighted by Crippen LogP contribution is -2.42. The molecule has 0 aliphatic carbocycles. The third-order valence-electron chi connectivity index (χ3n) is 2.01. The van der Waals surface area contributed by atoms with E-state index in [9.17, 15) is 0 Å². The zero-order valence-electron chi connectivity index (χ0n) is 8.74. The first-order valence-corrected chi connectivity index (χ1v) is 6.29. The van der Waals surface area contributed by atoms with Gasteiger partial charge in [0.15, 0.2) is 0 Å². The Morgan fingerprint density at radius 1 is 1.47 bits per heavy atom. The van der Waals surface area contributed by atoms with Crippen LogP contribution in [-0.2, 0) is 5.75 Å². The van der Waals surface area contributed by atoms with Crippen molar-refractivity contribution in [2.24, 2.45) is 5.73 Å². The van der Waals surface area contributed by atoms with E-state index >= 15 is 0 Å². The van der Waals surface area contributed by atoms with Crippen LogP contribution in [-0.4, -0.2) is 23.0 Å². The number of aliphatic hydroxyl groups excluding tert-OH is 1. The molecule has 1 atom stereocenters.